The molecule has 2 aliphatic rings. The van der Waals surface area contributed by atoms with Crippen LogP contribution in [0.2, 0.25) is 0 Å². The molecule has 0 bridgehead atoms. The molecule has 4 rings (SSSR count). The van der Waals surface area contributed by atoms with Gasteiger partial charge in [0.1, 0.15) is 0 Å². The summed E-state index contributed by atoms with van der Waals surface area (Å²) in [6, 6.07) is 8.62. The zero-order chi connectivity index (χ0) is 14.2. The van der Waals surface area contributed by atoms with Crippen molar-refractivity contribution in [1.82, 2.24) is 4.98 Å². The summed E-state index contributed by atoms with van der Waals surface area (Å²) in [5, 5.41) is 1.31. The zero-order valence-electron chi connectivity index (χ0n) is 12.6. The van der Waals surface area contributed by atoms with E-state index in [1.807, 2.05) is 0 Å². The summed E-state index contributed by atoms with van der Waals surface area (Å²) in [7, 11) is 0. The van der Waals surface area contributed by atoms with E-state index in [2.05, 4.69) is 36.1 Å². The Hall–Kier alpha value is -1.61. The third-order valence-electron chi connectivity index (χ3n) is 4.94. The number of rotatable bonds is 2. The van der Waals surface area contributed by atoms with Crippen molar-refractivity contribution in [2.75, 3.05) is 31.2 Å². The number of ether oxygens (including phenoxy) is 1. The highest BCUT2D eigenvalue weighted by Gasteiger charge is 2.29. The van der Waals surface area contributed by atoms with Crippen LogP contribution in [-0.2, 0) is 11.2 Å². The molecule has 1 atom stereocenters. The summed E-state index contributed by atoms with van der Waals surface area (Å²) in [6.45, 7) is 5.95. The minimum absolute atomic E-state index is 0.643. The number of aromatic nitrogens is 1. The number of benzene rings is 1. The molecule has 3 heteroatoms. The van der Waals surface area contributed by atoms with Crippen LogP contribution < -0.4 is 4.90 Å². The van der Waals surface area contributed by atoms with Crippen LogP contribution >= 0.6 is 0 Å². The average molecular weight is 282 g/mol. The molecule has 1 aliphatic heterocycles. The molecule has 0 radical (unpaired) electrons. The molecule has 0 N–H and O–H groups in total. The molecule has 1 fully saturated rings. The van der Waals surface area contributed by atoms with E-state index in [0.29, 0.717) is 5.92 Å². The molecule has 1 aromatic carbocycles. The lowest BCUT2D eigenvalue weighted by molar-refractivity contribution is 0.123. The van der Waals surface area contributed by atoms with Crippen LogP contribution in [0.15, 0.2) is 24.3 Å². The van der Waals surface area contributed by atoms with E-state index < -0.39 is 0 Å². The van der Waals surface area contributed by atoms with E-state index in [-0.39, 0.29) is 0 Å². The first-order valence-electron chi connectivity index (χ1n) is 8.12. The highest BCUT2D eigenvalue weighted by Crippen LogP contribution is 2.42. The summed E-state index contributed by atoms with van der Waals surface area (Å²) in [5.74, 6) is 0.643. The normalized spacial score (nSPS) is 21.8. The van der Waals surface area contributed by atoms with Gasteiger partial charge in [-0.25, -0.2) is 0 Å². The van der Waals surface area contributed by atoms with Crippen molar-refractivity contribution < 1.29 is 4.74 Å². The number of hydrogen-bond donors (Lipinski definition) is 0. The Kier molecular flexibility index (Phi) is 3.30. The van der Waals surface area contributed by atoms with Crippen LogP contribution in [0.3, 0.4) is 0 Å². The zero-order valence-corrected chi connectivity index (χ0v) is 12.6. The minimum Gasteiger partial charge on any atom is -0.378 e. The molecule has 110 valence electrons. The molecule has 21 heavy (non-hydrogen) atoms. The van der Waals surface area contributed by atoms with Crippen LogP contribution in [0, 0.1) is 0 Å². The quantitative estimate of drug-likeness (QED) is 0.843. The van der Waals surface area contributed by atoms with Crippen molar-refractivity contribution in [1.29, 1.82) is 0 Å². The molecule has 1 saturated heterocycles. The average Bonchev–Trinajstić information content (AvgIpc) is 2.96. The maximum atomic E-state index is 5.54. The van der Waals surface area contributed by atoms with E-state index in [9.17, 15) is 0 Å². The smallest absolute Gasteiger partial charge is 0.0726 e. The van der Waals surface area contributed by atoms with Gasteiger partial charge in [0.2, 0.25) is 0 Å². The summed E-state index contributed by atoms with van der Waals surface area (Å²) in [6.07, 6.45) is 3.63. The third kappa shape index (κ3) is 2.11. The summed E-state index contributed by atoms with van der Waals surface area (Å²) in [5.41, 5.74) is 5.45. The Morgan fingerprint density at radius 1 is 1.24 bits per heavy atom. The Morgan fingerprint density at radius 2 is 2.05 bits per heavy atom. The van der Waals surface area contributed by atoms with Crippen LogP contribution in [0.5, 0.6) is 0 Å². The fourth-order valence-corrected chi connectivity index (χ4v) is 3.84. The standard InChI is InChI=1S/C18H22N2O/c1-2-13-7-8-15-17(13)19-16-6-4-3-5-14(16)18(15)20-9-11-21-12-10-20/h3-6,13H,2,7-12H2,1H3. The summed E-state index contributed by atoms with van der Waals surface area (Å²) in [4.78, 5) is 7.52. The first-order valence-corrected chi connectivity index (χ1v) is 8.12. The Balaban J connectivity index is 1.93. The third-order valence-corrected chi connectivity index (χ3v) is 4.94. The van der Waals surface area contributed by atoms with Crippen LogP contribution in [0.1, 0.15) is 36.9 Å². The monoisotopic (exact) mass is 282 g/mol. The number of hydrogen-bond acceptors (Lipinski definition) is 3. The van der Waals surface area contributed by atoms with Gasteiger partial charge in [0, 0.05) is 30.1 Å². The van der Waals surface area contributed by atoms with Crippen molar-refractivity contribution in [3.63, 3.8) is 0 Å². The van der Waals surface area contributed by atoms with E-state index in [4.69, 9.17) is 9.72 Å². The first kappa shape index (κ1) is 13.1. The highest BCUT2D eigenvalue weighted by atomic mass is 16.5. The second-order valence-corrected chi connectivity index (χ2v) is 6.08. The van der Waals surface area contributed by atoms with Gasteiger partial charge in [0.25, 0.3) is 0 Å². The molecule has 1 aromatic heterocycles. The summed E-state index contributed by atoms with van der Waals surface area (Å²) < 4.78 is 5.54. The topological polar surface area (TPSA) is 25.4 Å². The number of anilines is 1. The van der Waals surface area contributed by atoms with Gasteiger partial charge in [-0.1, -0.05) is 25.1 Å². The predicted octanol–water partition coefficient (Wildman–Crippen LogP) is 3.51. The molecule has 0 saturated carbocycles. The largest absolute Gasteiger partial charge is 0.378 e. The second-order valence-electron chi connectivity index (χ2n) is 6.08. The number of pyridine rings is 1. The fourth-order valence-electron chi connectivity index (χ4n) is 3.84. The van der Waals surface area contributed by atoms with Crippen molar-refractivity contribution >= 4 is 16.6 Å². The van der Waals surface area contributed by atoms with Crippen LogP contribution in [0.25, 0.3) is 10.9 Å². The lowest BCUT2D eigenvalue weighted by Crippen LogP contribution is -2.37. The van der Waals surface area contributed by atoms with E-state index in [1.54, 1.807) is 0 Å². The van der Waals surface area contributed by atoms with Crippen molar-refractivity contribution in [3.05, 3.63) is 35.5 Å². The molecule has 1 unspecified atom stereocenters. The Labute approximate surface area is 125 Å². The Bertz CT molecular complexity index is 662. The number of fused-ring (bicyclic) bond motifs is 2. The first-order chi connectivity index (χ1) is 10.4. The van der Waals surface area contributed by atoms with Gasteiger partial charge in [-0.15, -0.1) is 0 Å². The van der Waals surface area contributed by atoms with Gasteiger partial charge in [-0.05, 0) is 30.9 Å². The minimum atomic E-state index is 0.643. The predicted molar refractivity (Wildman–Crippen MR) is 86.1 cm³/mol. The molecular formula is C18H22N2O. The maximum Gasteiger partial charge on any atom is 0.0726 e. The molecule has 0 spiro atoms. The van der Waals surface area contributed by atoms with Gasteiger partial charge in [-0.3, -0.25) is 4.98 Å². The molecule has 1 aliphatic carbocycles. The molecule has 0 amide bonds. The maximum absolute atomic E-state index is 5.54. The molecule has 2 aromatic rings. The van der Waals surface area contributed by atoms with Crippen LogP contribution in [0.4, 0.5) is 5.69 Å². The van der Waals surface area contributed by atoms with Crippen LogP contribution in [-0.4, -0.2) is 31.3 Å². The van der Waals surface area contributed by atoms with Crippen molar-refractivity contribution in [2.45, 2.75) is 32.1 Å². The molecule has 3 nitrogen and oxygen atoms in total. The fraction of sp³-hybridized carbons (Fsp3) is 0.500. The number of para-hydroxylation sites is 1. The summed E-state index contributed by atoms with van der Waals surface area (Å²) >= 11 is 0. The van der Waals surface area contributed by atoms with Gasteiger partial charge < -0.3 is 9.64 Å². The number of morpholine rings is 1. The van der Waals surface area contributed by atoms with Crippen molar-refractivity contribution in [2.24, 2.45) is 0 Å². The number of nitrogens with zero attached hydrogens (tertiary/aromatic N) is 2. The second kappa shape index (κ2) is 5.30. The Morgan fingerprint density at radius 3 is 2.86 bits per heavy atom. The van der Waals surface area contributed by atoms with Crippen molar-refractivity contribution in [3.8, 4) is 0 Å². The lowest BCUT2D eigenvalue weighted by atomic mass is 10.0. The van der Waals surface area contributed by atoms with E-state index in [1.165, 1.54) is 41.6 Å². The molecule has 2 heterocycles. The van der Waals surface area contributed by atoms with E-state index in [0.717, 1.165) is 31.8 Å². The lowest BCUT2D eigenvalue weighted by Gasteiger charge is -2.31. The van der Waals surface area contributed by atoms with E-state index >= 15 is 0 Å². The van der Waals surface area contributed by atoms with Gasteiger partial charge in [0.15, 0.2) is 0 Å². The highest BCUT2D eigenvalue weighted by molar-refractivity contribution is 5.94. The van der Waals surface area contributed by atoms with Gasteiger partial charge in [0.05, 0.1) is 24.4 Å². The van der Waals surface area contributed by atoms with Gasteiger partial charge in [-0.2, -0.15) is 0 Å². The SMILES string of the molecule is CCC1CCc2c1nc1ccccc1c2N1CCOCC1. The van der Waals surface area contributed by atoms with Gasteiger partial charge >= 0.3 is 0 Å². The molecular weight excluding hydrogens is 260 g/mol.